The second-order valence-corrected chi connectivity index (χ2v) is 3.34. The quantitative estimate of drug-likeness (QED) is 0.499. The molecule has 1 aliphatic heterocycles. The Morgan fingerprint density at radius 1 is 1.54 bits per heavy atom. The fourth-order valence-corrected chi connectivity index (χ4v) is 1.65. The molecule has 0 amide bonds. The molecule has 0 saturated carbocycles. The summed E-state index contributed by atoms with van der Waals surface area (Å²) in [7, 11) is 0. The molecule has 0 aliphatic carbocycles. The molecule has 0 saturated heterocycles. The smallest absolute Gasteiger partial charge is 0.142 e. The van der Waals surface area contributed by atoms with Crippen LogP contribution < -0.4 is 11.1 Å². The fourth-order valence-electron chi connectivity index (χ4n) is 1.65. The average Bonchev–Trinajstić information content (AvgIpc) is 2.17. The maximum Gasteiger partial charge on any atom is 0.142 e. The third-order valence-electron chi connectivity index (χ3n) is 2.36. The first kappa shape index (κ1) is 8.10. The lowest BCUT2D eigenvalue weighted by Crippen LogP contribution is -2.26. The van der Waals surface area contributed by atoms with Gasteiger partial charge in [-0.2, -0.15) is 0 Å². The van der Waals surface area contributed by atoms with E-state index in [0.717, 1.165) is 30.5 Å². The number of aryl methyl sites for hydroxylation is 1. The van der Waals surface area contributed by atoms with E-state index in [0.29, 0.717) is 0 Å². The van der Waals surface area contributed by atoms with Crippen molar-refractivity contribution in [1.82, 2.24) is 0 Å². The first-order valence-electron chi connectivity index (χ1n) is 4.40. The maximum atomic E-state index is 10.5. The van der Waals surface area contributed by atoms with Crippen molar-refractivity contribution >= 4 is 17.7 Å². The summed E-state index contributed by atoms with van der Waals surface area (Å²) >= 11 is 0. The molecule has 68 valence electrons. The van der Waals surface area contributed by atoms with Crippen LogP contribution in [0.3, 0.4) is 0 Å². The highest BCUT2D eigenvalue weighted by atomic mass is 16.1. The fraction of sp³-hybridized carbons (Fsp3) is 0.300. The van der Waals surface area contributed by atoms with Crippen LogP contribution in [0.2, 0.25) is 0 Å². The molecule has 0 radical (unpaired) electrons. The third-order valence-corrected chi connectivity index (χ3v) is 2.36. The summed E-state index contributed by atoms with van der Waals surface area (Å²) in [5, 5.41) is 3.15. The van der Waals surface area contributed by atoms with E-state index < -0.39 is 0 Å². The van der Waals surface area contributed by atoms with E-state index in [-0.39, 0.29) is 6.04 Å². The molecule has 3 heteroatoms. The van der Waals surface area contributed by atoms with Crippen LogP contribution in [0.1, 0.15) is 12.0 Å². The third kappa shape index (κ3) is 1.49. The number of rotatable bonds is 1. The number of nitrogens with one attached hydrogen (secondary N) is 1. The van der Waals surface area contributed by atoms with Crippen LogP contribution in [0.15, 0.2) is 18.2 Å². The molecule has 0 spiro atoms. The Balaban J connectivity index is 2.31. The van der Waals surface area contributed by atoms with Gasteiger partial charge < -0.3 is 15.8 Å². The molecule has 0 fully saturated rings. The zero-order valence-corrected chi connectivity index (χ0v) is 7.29. The number of hydrogen-bond acceptors (Lipinski definition) is 3. The van der Waals surface area contributed by atoms with Gasteiger partial charge in [0.1, 0.15) is 6.29 Å². The molecule has 1 aromatic rings. The van der Waals surface area contributed by atoms with E-state index in [1.807, 2.05) is 18.2 Å². The number of anilines is 2. The Kier molecular flexibility index (Phi) is 1.93. The van der Waals surface area contributed by atoms with Gasteiger partial charge in [0.15, 0.2) is 0 Å². The van der Waals surface area contributed by atoms with Gasteiger partial charge in [0.05, 0.1) is 6.04 Å². The zero-order valence-electron chi connectivity index (χ0n) is 7.29. The van der Waals surface area contributed by atoms with Crippen LogP contribution in [0.25, 0.3) is 0 Å². The number of fused-ring (bicyclic) bond motifs is 1. The van der Waals surface area contributed by atoms with Crippen molar-refractivity contribution in [3.8, 4) is 0 Å². The molecule has 2 rings (SSSR count). The predicted molar refractivity (Wildman–Crippen MR) is 52.7 cm³/mol. The summed E-state index contributed by atoms with van der Waals surface area (Å²) in [5.41, 5.74) is 8.68. The van der Waals surface area contributed by atoms with Gasteiger partial charge in [-0.05, 0) is 36.6 Å². The van der Waals surface area contributed by atoms with E-state index >= 15 is 0 Å². The zero-order chi connectivity index (χ0) is 9.26. The summed E-state index contributed by atoms with van der Waals surface area (Å²) in [6.07, 6.45) is 2.75. The van der Waals surface area contributed by atoms with Crippen molar-refractivity contribution in [1.29, 1.82) is 0 Å². The largest absolute Gasteiger partial charge is 0.399 e. The van der Waals surface area contributed by atoms with E-state index in [4.69, 9.17) is 5.73 Å². The van der Waals surface area contributed by atoms with E-state index in [1.54, 1.807) is 0 Å². The van der Waals surface area contributed by atoms with Crippen molar-refractivity contribution in [2.45, 2.75) is 18.9 Å². The molecule has 1 aromatic carbocycles. The van der Waals surface area contributed by atoms with Crippen LogP contribution in [0.5, 0.6) is 0 Å². The van der Waals surface area contributed by atoms with Crippen molar-refractivity contribution in [3.63, 3.8) is 0 Å². The topological polar surface area (TPSA) is 55.1 Å². The van der Waals surface area contributed by atoms with Gasteiger partial charge in [0.25, 0.3) is 0 Å². The Hall–Kier alpha value is -1.51. The molecule has 1 atom stereocenters. The Labute approximate surface area is 76.9 Å². The Morgan fingerprint density at radius 3 is 3.15 bits per heavy atom. The molecule has 3 N–H and O–H groups in total. The summed E-state index contributed by atoms with van der Waals surface area (Å²) in [6.45, 7) is 0. The number of nitrogens with two attached hydrogens (primary N) is 1. The van der Waals surface area contributed by atoms with Gasteiger partial charge in [-0.1, -0.05) is 0 Å². The Morgan fingerprint density at radius 2 is 2.38 bits per heavy atom. The molecule has 0 bridgehead atoms. The van der Waals surface area contributed by atoms with Crippen LogP contribution in [-0.4, -0.2) is 12.3 Å². The van der Waals surface area contributed by atoms with Gasteiger partial charge in [-0.3, -0.25) is 0 Å². The number of benzene rings is 1. The number of carbonyl (C=O) groups excluding carboxylic acids is 1. The van der Waals surface area contributed by atoms with E-state index in [9.17, 15) is 4.79 Å². The standard InChI is InChI=1S/C10H12N2O/c11-8-2-4-10-7(5-8)1-3-9(6-13)12-10/h2,4-6,9,12H,1,3,11H2. The number of aldehydes is 1. The predicted octanol–water partition coefficient (Wildman–Crippen LogP) is 1.19. The first-order chi connectivity index (χ1) is 6.29. The summed E-state index contributed by atoms with van der Waals surface area (Å²) in [6, 6.07) is 5.71. The molecule has 3 nitrogen and oxygen atoms in total. The SMILES string of the molecule is Nc1ccc2c(c1)CCC(C=O)N2. The molecule has 0 aromatic heterocycles. The van der Waals surface area contributed by atoms with Gasteiger partial charge >= 0.3 is 0 Å². The molecule has 1 aliphatic rings. The number of nitrogen functional groups attached to an aromatic ring is 1. The normalized spacial score (nSPS) is 20.2. The summed E-state index contributed by atoms with van der Waals surface area (Å²) in [5.74, 6) is 0. The number of hydrogen-bond donors (Lipinski definition) is 2. The lowest BCUT2D eigenvalue weighted by Gasteiger charge is -2.23. The van der Waals surface area contributed by atoms with Crippen LogP contribution in [-0.2, 0) is 11.2 Å². The lowest BCUT2D eigenvalue weighted by atomic mass is 9.98. The average molecular weight is 176 g/mol. The van der Waals surface area contributed by atoms with Crippen LogP contribution in [0, 0.1) is 0 Å². The van der Waals surface area contributed by atoms with Crippen LogP contribution >= 0.6 is 0 Å². The first-order valence-corrected chi connectivity index (χ1v) is 4.40. The minimum absolute atomic E-state index is 0.0314. The van der Waals surface area contributed by atoms with Crippen molar-refractivity contribution in [3.05, 3.63) is 23.8 Å². The number of carbonyl (C=O) groups is 1. The van der Waals surface area contributed by atoms with E-state index in [1.165, 1.54) is 5.56 Å². The van der Waals surface area contributed by atoms with Crippen molar-refractivity contribution in [2.75, 3.05) is 11.1 Å². The van der Waals surface area contributed by atoms with Crippen molar-refractivity contribution < 1.29 is 4.79 Å². The second-order valence-electron chi connectivity index (χ2n) is 3.34. The lowest BCUT2D eigenvalue weighted by molar-refractivity contribution is -0.108. The maximum absolute atomic E-state index is 10.5. The molecule has 13 heavy (non-hydrogen) atoms. The summed E-state index contributed by atoms with van der Waals surface area (Å²) in [4.78, 5) is 10.5. The van der Waals surface area contributed by atoms with Gasteiger partial charge in [0, 0.05) is 11.4 Å². The summed E-state index contributed by atoms with van der Waals surface area (Å²) < 4.78 is 0. The van der Waals surface area contributed by atoms with Gasteiger partial charge in [-0.25, -0.2) is 0 Å². The van der Waals surface area contributed by atoms with E-state index in [2.05, 4.69) is 5.32 Å². The minimum Gasteiger partial charge on any atom is -0.399 e. The van der Waals surface area contributed by atoms with Gasteiger partial charge in [0.2, 0.25) is 0 Å². The molecular formula is C10H12N2O. The second kappa shape index (κ2) is 3.09. The minimum atomic E-state index is -0.0314. The van der Waals surface area contributed by atoms with Crippen molar-refractivity contribution in [2.24, 2.45) is 0 Å². The molecule has 1 unspecified atom stereocenters. The van der Waals surface area contributed by atoms with Gasteiger partial charge in [-0.15, -0.1) is 0 Å². The highest BCUT2D eigenvalue weighted by Gasteiger charge is 2.16. The highest BCUT2D eigenvalue weighted by Crippen LogP contribution is 2.25. The Bertz CT molecular complexity index is 336. The monoisotopic (exact) mass is 176 g/mol. The highest BCUT2D eigenvalue weighted by molar-refractivity contribution is 5.69. The van der Waals surface area contributed by atoms with Crippen LogP contribution in [0.4, 0.5) is 11.4 Å². The molecule has 1 heterocycles. The molecular weight excluding hydrogens is 164 g/mol.